The van der Waals surface area contributed by atoms with E-state index in [2.05, 4.69) is 27.7 Å². The smallest absolute Gasteiger partial charge is 0.207 e. The molecule has 2 aromatic rings. The van der Waals surface area contributed by atoms with Gasteiger partial charge in [-0.05, 0) is 61.9 Å². The van der Waals surface area contributed by atoms with Gasteiger partial charge in [-0.1, -0.05) is 58.0 Å². The minimum Gasteiger partial charge on any atom is -0.207 e. The van der Waals surface area contributed by atoms with Gasteiger partial charge in [0.2, 0.25) is 20.0 Å². The lowest BCUT2D eigenvalue weighted by atomic mass is 9.86. The van der Waals surface area contributed by atoms with Gasteiger partial charge in [-0.15, -0.1) is 11.8 Å². The molecule has 2 aliphatic rings. The Morgan fingerprint density at radius 3 is 2.06 bits per heavy atom. The molecule has 0 N–H and O–H groups in total. The van der Waals surface area contributed by atoms with E-state index >= 15 is 0 Å². The first-order valence-electron chi connectivity index (χ1n) is 12.6. The van der Waals surface area contributed by atoms with Crippen LogP contribution in [0, 0.1) is 11.8 Å². The molecule has 4 rings (SSSR count). The van der Waals surface area contributed by atoms with Crippen molar-refractivity contribution in [3.8, 4) is 0 Å². The fourth-order valence-corrected chi connectivity index (χ4v) is 11.5. The lowest BCUT2D eigenvalue weighted by Gasteiger charge is -2.34. The molecule has 198 valence electrons. The van der Waals surface area contributed by atoms with Gasteiger partial charge in [0.05, 0.1) is 15.7 Å². The Morgan fingerprint density at radius 1 is 0.833 bits per heavy atom. The molecule has 3 atom stereocenters. The summed E-state index contributed by atoms with van der Waals surface area (Å²) >= 11 is 1.67. The third-order valence-corrected chi connectivity index (χ3v) is 12.8. The monoisotopic (exact) mass is 550 g/mol. The molecule has 2 heterocycles. The highest BCUT2D eigenvalue weighted by atomic mass is 32.2. The van der Waals surface area contributed by atoms with E-state index in [0.717, 1.165) is 5.56 Å². The predicted octanol–water partition coefficient (Wildman–Crippen LogP) is 5.39. The SMILES string of the molecule is CC(C)C1C(c2cccc(S(=O)(=O)N3CSC(C)(C)C3C(C)C)c2)CCN1S(=O)(=O)c1ccccc1. The summed E-state index contributed by atoms with van der Waals surface area (Å²) in [6.07, 6.45) is 0.652. The molecule has 0 spiro atoms. The normalized spacial score (nSPS) is 25.7. The molecule has 2 fully saturated rings. The van der Waals surface area contributed by atoms with Crippen LogP contribution in [-0.4, -0.2) is 54.7 Å². The molecule has 2 saturated heterocycles. The van der Waals surface area contributed by atoms with Crippen LogP contribution in [0.3, 0.4) is 0 Å². The zero-order valence-corrected chi connectivity index (χ0v) is 24.4. The van der Waals surface area contributed by atoms with Crippen LogP contribution in [0.1, 0.15) is 59.4 Å². The Labute approximate surface area is 221 Å². The third-order valence-electron chi connectivity index (χ3n) is 7.55. The molecule has 0 amide bonds. The zero-order valence-electron chi connectivity index (χ0n) is 22.0. The lowest BCUT2D eigenvalue weighted by Crippen LogP contribution is -2.46. The summed E-state index contributed by atoms with van der Waals surface area (Å²) in [5.74, 6) is 0.606. The lowest BCUT2D eigenvalue weighted by molar-refractivity contribution is 0.264. The van der Waals surface area contributed by atoms with E-state index in [-0.39, 0.29) is 39.5 Å². The van der Waals surface area contributed by atoms with Crippen molar-refractivity contribution in [1.29, 1.82) is 0 Å². The predicted molar refractivity (Wildman–Crippen MR) is 147 cm³/mol. The van der Waals surface area contributed by atoms with Crippen LogP contribution in [0.4, 0.5) is 0 Å². The largest absolute Gasteiger partial charge is 0.244 e. The molecule has 6 nitrogen and oxygen atoms in total. The Hall–Kier alpha value is -1.39. The van der Waals surface area contributed by atoms with Crippen LogP contribution in [-0.2, 0) is 20.0 Å². The van der Waals surface area contributed by atoms with E-state index in [0.29, 0.717) is 23.7 Å². The summed E-state index contributed by atoms with van der Waals surface area (Å²) in [6.45, 7) is 12.9. The molecule has 0 aliphatic carbocycles. The fourth-order valence-electron chi connectivity index (χ4n) is 6.09. The maximum atomic E-state index is 13.8. The Morgan fingerprint density at radius 2 is 1.44 bits per heavy atom. The van der Waals surface area contributed by atoms with Gasteiger partial charge in [0.15, 0.2) is 0 Å². The fraction of sp³-hybridized carbons (Fsp3) is 0.556. The highest BCUT2D eigenvalue weighted by Gasteiger charge is 2.49. The van der Waals surface area contributed by atoms with Crippen molar-refractivity contribution in [3.63, 3.8) is 0 Å². The van der Waals surface area contributed by atoms with Gasteiger partial charge in [0, 0.05) is 29.3 Å². The van der Waals surface area contributed by atoms with Gasteiger partial charge < -0.3 is 0 Å². The standard InChI is InChI=1S/C27H38N2O4S3/c1-19(2)25-24(15-16-28(25)35(30,31)22-12-8-7-9-13-22)21-11-10-14-23(17-21)36(32,33)29-18-34-27(5,6)26(29)20(3)4/h7-14,17,19-20,24-26H,15-16,18H2,1-6H3. The van der Waals surface area contributed by atoms with Crippen molar-refractivity contribution in [2.45, 2.75) is 80.5 Å². The highest BCUT2D eigenvalue weighted by molar-refractivity contribution is 8.02. The number of benzene rings is 2. The van der Waals surface area contributed by atoms with E-state index in [4.69, 9.17) is 0 Å². The van der Waals surface area contributed by atoms with Gasteiger partial charge in [-0.3, -0.25) is 0 Å². The second kappa shape index (κ2) is 10.1. The van der Waals surface area contributed by atoms with Crippen LogP contribution in [0.5, 0.6) is 0 Å². The first-order chi connectivity index (χ1) is 16.8. The summed E-state index contributed by atoms with van der Waals surface area (Å²) < 4.78 is 57.8. The quantitative estimate of drug-likeness (QED) is 0.462. The minimum absolute atomic E-state index is 0.0670. The topological polar surface area (TPSA) is 74.8 Å². The molecule has 0 saturated carbocycles. The van der Waals surface area contributed by atoms with Crippen molar-refractivity contribution < 1.29 is 16.8 Å². The van der Waals surface area contributed by atoms with E-state index < -0.39 is 20.0 Å². The maximum Gasteiger partial charge on any atom is 0.244 e. The van der Waals surface area contributed by atoms with Gasteiger partial charge in [-0.2, -0.15) is 8.61 Å². The van der Waals surface area contributed by atoms with Crippen LogP contribution in [0.15, 0.2) is 64.4 Å². The highest BCUT2D eigenvalue weighted by Crippen LogP contribution is 2.46. The van der Waals surface area contributed by atoms with Gasteiger partial charge in [-0.25, -0.2) is 16.8 Å². The Balaban J connectivity index is 1.68. The van der Waals surface area contributed by atoms with Crippen molar-refractivity contribution in [1.82, 2.24) is 8.61 Å². The van der Waals surface area contributed by atoms with E-state index in [1.54, 1.807) is 62.8 Å². The van der Waals surface area contributed by atoms with Crippen LogP contribution >= 0.6 is 11.8 Å². The van der Waals surface area contributed by atoms with Gasteiger partial charge >= 0.3 is 0 Å². The number of thioether (sulfide) groups is 1. The van der Waals surface area contributed by atoms with Gasteiger partial charge in [0.1, 0.15) is 0 Å². The first kappa shape index (κ1) is 27.6. The average Bonchev–Trinajstić information content (AvgIpc) is 3.41. The zero-order chi connectivity index (χ0) is 26.5. The molecule has 2 aromatic carbocycles. The van der Waals surface area contributed by atoms with Crippen molar-refractivity contribution in [3.05, 3.63) is 60.2 Å². The number of nitrogens with zero attached hydrogens (tertiary/aromatic N) is 2. The number of hydrogen-bond acceptors (Lipinski definition) is 5. The third kappa shape index (κ3) is 4.89. The van der Waals surface area contributed by atoms with Crippen LogP contribution < -0.4 is 0 Å². The summed E-state index contributed by atoms with van der Waals surface area (Å²) in [5.41, 5.74) is 0.882. The molecule has 0 radical (unpaired) electrons. The average molecular weight is 551 g/mol. The molecule has 0 bridgehead atoms. The summed E-state index contributed by atoms with van der Waals surface area (Å²) in [7, 11) is -7.35. The molecule has 9 heteroatoms. The molecule has 3 unspecified atom stereocenters. The van der Waals surface area contributed by atoms with Crippen LogP contribution in [0.25, 0.3) is 0 Å². The molecule has 36 heavy (non-hydrogen) atoms. The molecule has 2 aliphatic heterocycles. The minimum atomic E-state index is -3.70. The number of sulfonamides is 2. The summed E-state index contributed by atoms with van der Waals surface area (Å²) in [6, 6.07) is 15.4. The van der Waals surface area contributed by atoms with Crippen molar-refractivity contribution in [2.75, 3.05) is 12.4 Å². The molecular weight excluding hydrogens is 513 g/mol. The second-order valence-corrected chi connectivity index (χ2v) is 16.5. The Bertz CT molecular complexity index is 1290. The van der Waals surface area contributed by atoms with E-state index in [1.807, 2.05) is 26.0 Å². The second-order valence-electron chi connectivity index (χ2n) is 11.1. The number of hydrogen-bond donors (Lipinski definition) is 0. The number of rotatable bonds is 7. The molecule has 0 aromatic heterocycles. The van der Waals surface area contributed by atoms with Crippen LogP contribution in [0.2, 0.25) is 0 Å². The van der Waals surface area contributed by atoms with Crippen molar-refractivity contribution >= 4 is 31.8 Å². The summed E-state index contributed by atoms with van der Waals surface area (Å²) in [5, 5.41) is 0. The van der Waals surface area contributed by atoms with Crippen molar-refractivity contribution in [2.24, 2.45) is 11.8 Å². The van der Waals surface area contributed by atoms with E-state index in [1.165, 1.54) is 0 Å². The van der Waals surface area contributed by atoms with E-state index in [9.17, 15) is 16.8 Å². The summed E-state index contributed by atoms with van der Waals surface area (Å²) in [4.78, 5) is 0.581. The Kier molecular flexibility index (Phi) is 7.72. The molecular formula is C27H38N2O4S3. The maximum absolute atomic E-state index is 13.8. The first-order valence-corrected chi connectivity index (χ1v) is 16.5. The van der Waals surface area contributed by atoms with Gasteiger partial charge in [0.25, 0.3) is 0 Å².